The predicted octanol–water partition coefficient (Wildman–Crippen LogP) is 1.10. The van der Waals surface area contributed by atoms with Gasteiger partial charge in [0.15, 0.2) is 5.82 Å². The van der Waals surface area contributed by atoms with Crippen molar-refractivity contribution in [2.75, 3.05) is 5.73 Å². The summed E-state index contributed by atoms with van der Waals surface area (Å²) < 4.78 is 28.6. The largest absolute Gasteiger partial charge is 0.381 e. The highest BCUT2D eigenvalue weighted by atomic mass is 32.2. The first-order chi connectivity index (χ1) is 9.31. The van der Waals surface area contributed by atoms with Crippen molar-refractivity contribution >= 4 is 15.8 Å². The number of nitrogen functional groups attached to an aromatic ring is 1. The van der Waals surface area contributed by atoms with Crippen LogP contribution in [-0.2, 0) is 23.6 Å². The Balaban J connectivity index is 2.21. The molecule has 1 aromatic carbocycles. The Bertz CT molecular complexity index is 718. The van der Waals surface area contributed by atoms with Gasteiger partial charge in [0.2, 0.25) is 10.0 Å². The Morgan fingerprint density at radius 2 is 1.85 bits per heavy atom. The number of hydrogen-bond acceptors (Lipinski definition) is 4. The molecule has 2 rings (SSSR count). The molecule has 0 aliphatic heterocycles. The van der Waals surface area contributed by atoms with Crippen LogP contribution in [0.25, 0.3) is 0 Å². The maximum atomic E-state index is 12.3. The summed E-state index contributed by atoms with van der Waals surface area (Å²) in [4.78, 5) is 0.0483. The number of aromatic nitrogens is 2. The smallest absolute Gasteiger partial charge is 0.246 e. The second-order valence-corrected chi connectivity index (χ2v) is 6.44. The number of benzene rings is 1. The van der Waals surface area contributed by atoms with Crippen molar-refractivity contribution in [1.29, 1.82) is 0 Å². The lowest BCUT2D eigenvalue weighted by molar-refractivity contribution is 0.580. The highest BCUT2D eigenvalue weighted by molar-refractivity contribution is 7.89. The molecule has 108 valence electrons. The third-order valence-electron chi connectivity index (χ3n) is 3.16. The normalized spacial score (nSPS) is 11.8. The lowest BCUT2D eigenvalue weighted by Crippen LogP contribution is -2.24. The van der Waals surface area contributed by atoms with Gasteiger partial charge in [0, 0.05) is 13.6 Å². The molecule has 7 heteroatoms. The Hall–Kier alpha value is -1.86. The zero-order valence-corrected chi connectivity index (χ0v) is 12.5. The summed E-state index contributed by atoms with van der Waals surface area (Å²) in [5.41, 5.74) is 8.20. The summed E-state index contributed by atoms with van der Waals surface area (Å²) in [5, 5.41) is 3.92. The minimum absolute atomic E-state index is 0.0152. The average Bonchev–Trinajstić information content (AvgIpc) is 2.63. The van der Waals surface area contributed by atoms with E-state index in [1.54, 1.807) is 14.0 Å². The molecule has 1 aromatic heterocycles. The number of nitrogens with zero attached hydrogens (tertiary/aromatic N) is 2. The van der Waals surface area contributed by atoms with Gasteiger partial charge >= 0.3 is 0 Å². The molecule has 3 N–H and O–H groups in total. The SMILES string of the molecule is Cc1ccc(CNS(=O)(=O)c2c(N)nn(C)c2C)cc1. The number of aryl methyl sites for hydroxylation is 2. The van der Waals surface area contributed by atoms with Gasteiger partial charge in [0.25, 0.3) is 0 Å². The summed E-state index contributed by atoms with van der Waals surface area (Å²) in [6.07, 6.45) is 0. The van der Waals surface area contributed by atoms with E-state index in [4.69, 9.17) is 5.73 Å². The molecule has 20 heavy (non-hydrogen) atoms. The molecule has 1 heterocycles. The maximum absolute atomic E-state index is 12.3. The van der Waals surface area contributed by atoms with Gasteiger partial charge in [-0.3, -0.25) is 4.68 Å². The van der Waals surface area contributed by atoms with Gasteiger partial charge in [0.1, 0.15) is 4.90 Å². The van der Waals surface area contributed by atoms with E-state index in [9.17, 15) is 8.42 Å². The second kappa shape index (κ2) is 5.26. The number of nitrogens with one attached hydrogen (secondary N) is 1. The fourth-order valence-corrected chi connectivity index (χ4v) is 3.24. The van der Waals surface area contributed by atoms with Gasteiger partial charge in [-0.05, 0) is 19.4 Å². The first-order valence-corrected chi connectivity index (χ1v) is 7.64. The van der Waals surface area contributed by atoms with Crippen LogP contribution in [-0.4, -0.2) is 18.2 Å². The molecule has 0 amide bonds. The maximum Gasteiger partial charge on any atom is 0.246 e. The minimum atomic E-state index is -3.67. The lowest BCUT2D eigenvalue weighted by atomic mass is 10.2. The molecule has 0 unspecified atom stereocenters. The monoisotopic (exact) mass is 294 g/mol. The second-order valence-electron chi connectivity index (χ2n) is 4.73. The van der Waals surface area contributed by atoms with Crippen molar-refractivity contribution in [3.8, 4) is 0 Å². The number of rotatable bonds is 4. The molecule has 0 aliphatic carbocycles. The summed E-state index contributed by atoms with van der Waals surface area (Å²) in [6, 6.07) is 7.65. The van der Waals surface area contributed by atoms with Crippen LogP contribution in [0.5, 0.6) is 0 Å². The molecule has 0 atom stereocenters. The Kier molecular flexibility index (Phi) is 3.82. The Morgan fingerprint density at radius 1 is 1.25 bits per heavy atom. The molecule has 2 aromatic rings. The molecular formula is C13H18N4O2S. The molecule has 0 saturated carbocycles. The molecule has 0 bridgehead atoms. The molecule has 0 saturated heterocycles. The summed E-state index contributed by atoms with van der Waals surface area (Å²) in [5.74, 6) is 0.0152. The van der Waals surface area contributed by atoms with Gasteiger partial charge in [-0.25, -0.2) is 13.1 Å². The van der Waals surface area contributed by atoms with E-state index >= 15 is 0 Å². The van der Waals surface area contributed by atoms with Crippen molar-refractivity contribution < 1.29 is 8.42 Å². The van der Waals surface area contributed by atoms with Crippen molar-refractivity contribution in [2.24, 2.45) is 7.05 Å². The van der Waals surface area contributed by atoms with E-state index in [1.807, 2.05) is 31.2 Å². The van der Waals surface area contributed by atoms with E-state index in [2.05, 4.69) is 9.82 Å². The van der Waals surface area contributed by atoms with Crippen LogP contribution in [0.4, 0.5) is 5.82 Å². The molecule has 0 fully saturated rings. The highest BCUT2D eigenvalue weighted by Crippen LogP contribution is 2.21. The van der Waals surface area contributed by atoms with E-state index < -0.39 is 10.0 Å². The third kappa shape index (κ3) is 2.83. The standard InChI is InChI=1S/C13H18N4O2S/c1-9-4-6-11(7-5-9)8-15-20(18,19)12-10(2)17(3)16-13(12)14/h4-7,15H,8H2,1-3H3,(H2,14,16). The number of anilines is 1. The van der Waals surface area contributed by atoms with E-state index in [-0.39, 0.29) is 17.3 Å². The van der Waals surface area contributed by atoms with Gasteiger partial charge in [0.05, 0.1) is 5.69 Å². The molecular weight excluding hydrogens is 276 g/mol. The number of hydrogen-bond donors (Lipinski definition) is 2. The van der Waals surface area contributed by atoms with E-state index in [0.29, 0.717) is 5.69 Å². The van der Waals surface area contributed by atoms with Crippen molar-refractivity contribution in [1.82, 2.24) is 14.5 Å². The van der Waals surface area contributed by atoms with Crippen molar-refractivity contribution in [3.63, 3.8) is 0 Å². The van der Waals surface area contributed by atoms with Crippen LogP contribution in [0.15, 0.2) is 29.2 Å². The minimum Gasteiger partial charge on any atom is -0.381 e. The van der Waals surface area contributed by atoms with Gasteiger partial charge in [-0.15, -0.1) is 0 Å². The van der Waals surface area contributed by atoms with Gasteiger partial charge in [-0.1, -0.05) is 29.8 Å². The van der Waals surface area contributed by atoms with Crippen LogP contribution < -0.4 is 10.5 Å². The lowest BCUT2D eigenvalue weighted by Gasteiger charge is -2.07. The molecule has 0 radical (unpaired) electrons. The van der Waals surface area contributed by atoms with Crippen LogP contribution in [0.3, 0.4) is 0 Å². The van der Waals surface area contributed by atoms with E-state index in [0.717, 1.165) is 11.1 Å². The van der Waals surface area contributed by atoms with Gasteiger partial charge in [-0.2, -0.15) is 5.10 Å². The fraction of sp³-hybridized carbons (Fsp3) is 0.308. The summed E-state index contributed by atoms with van der Waals surface area (Å²) >= 11 is 0. The van der Waals surface area contributed by atoms with E-state index in [1.165, 1.54) is 4.68 Å². The molecule has 6 nitrogen and oxygen atoms in total. The zero-order chi connectivity index (χ0) is 14.9. The molecule has 0 aliphatic rings. The first-order valence-electron chi connectivity index (χ1n) is 6.15. The van der Waals surface area contributed by atoms with Crippen LogP contribution in [0, 0.1) is 13.8 Å². The van der Waals surface area contributed by atoms with Crippen molar-refractivity contribution in [3.05, 3.63) is 41.1 Å². The molecule has 0 spiro atoms. The predicted molar refractivity (Wildman–Crippen MR) is 77.6 cm³/mol. The third-order valence-corrected chi connectivity index (χ3v) is 4.73. The zero-order valence-electron chi connectivity index (χ0n) is 11.7. The fourth-order valence-electron chi connectivity index (χ4n) is 1.90. The number of sulfonamides is 1. The summed E-state index contributed by atoms with van der Waals surface area (Å²) in [7, 11) is -2.01. The summed E-state index contributed by atoms with van der Waals surface area (Å²) in [6.45, 7) is 3.87. The quantitative estimate of drug-likeness (QED) is 0.883. The highest BCUT2D eigenvalue weighted by Gasteiger charge is 2.24. The average molecular weight is 294 g/mol. The van der Waals surface area contributed by atoms with Crippen molar-refractivity contribution in [2.45, 2.75) is 25.3 Å². The van der Waals surface area contributed by atoms with Crippen LogP contribution in [0.1, 0.15) is 16.8 Å². The number of nitrogens with two attached hydrogens (primary N) is 1. The Labute approximate surface area is 118 Å². The van der Waals surface area contributed by atoms with Gasteiger partial charge < -0.3 is 5.73 Å². The first kappa shape index (κ1) is 14.5. The Morgan fingerprint density at radius 3 is 2.35 bits per heavy atom. The topological polar surface area (TPSA) is 90.0 Å². The van der Waals surface area contributed by atoms with Crippen LogP contribution in [0.2, 0.25) is 0 Å². The van der Waals surface area contributed by atoms with Crippen LogP contribution >= 0.6 is 0 Å².